The lowest BCUT2D eigenvalue weighted by Crippen LogP contribution is -2.37. The predicted molar refractivity (Wildman–Crippen MR) is 67.4 cm³/mol. The molecule has 1 aliphatic carbocycles. The lowest BCUT2D eigenvalue weighted by molar-refractivity contribution is 0.0899. The van der Waals surface area contributed by atoms with E-state index in [0.717, 1.165) is 19.0 Å². The molecule has 3 atom stereocenters. The van der Waals surface area contributed by atoms with Crippen molar-refractivity contribution < 1.29 is 5.11 Å². The van der Waals surface area contributed by atoms with Crippen molar-refractivity contribution in [3.63, 3.8) is 0 Å². The largest absolute Gasteiger partial charge is 0.392 e. The van der Waals surface area contributed by atoms with Crippen LogP contribution in [0, 0.1) is 10.8 Å². The van der Waals surface area contributed by atoms with E-state index < -0.39 is 0 Å². The molecular formula is C14H27NO. The Bertz CT molecular complexity index is 263. The summed E-state index contributed by atoms with van der Waals surface area (Å²) < 4.78 is 0. The Hall–Kier alpha value is -0.0800. The van der Waals surface area contributed by atoms with Crippen LogP contribution in [-0.4, -0.2) is 35.2 Å². The number of rotatable bonds is 3. The highest BCUT2D eigenvalue weighted by Crippen LogP contribution is 2.52. The van der Waals surface area contributed by atoms with E-state index >= 15 is 0 Å². The number of aliphatic hydroxyl groups excluding tert-OH is 1. The Balaban J connectivity index is 2.04. The first kappa shape index (κ1) is 12.4. The van der Waals surface area contributed by atoms with Gasteiger partial charge >= 0.3 is 0 Å². The smallest absolute Gasteiger partial charge is 0.0664 e. The molecule has 94 valence electrons. The maximum Gasteiger partial charge on any atom is 0.0664 e. The molecule has 0 amide bonds. The fraction of sp³-hybridized carbons (Fsp3) is 1.00. The highest BCUT2D eigenvalue weighted by molar-refractivity contribution is 5.02. The number of hydrogen-bond donors (Lipinski definition) is 1. The van der Waals surface area contributed by atoms with Gasteiger partial charge in [0.25, 0.3) is 0 Å². The van der Waals surface area contributed by atoms with E-state index in [1.54, 1.807) is 0 Å². The van der Waals surface area contributed by atoms with Crippen LogP contribution in [-0.2, 0) is 0 Å². The van der Waals surface area contributed by atoms with Crippen LogP contribution in [0.3, 0.4) is 0 Å². The second-order valence-electron chi connectivity index (χ2n) is 7.21. The molecule has 1 saturated carbocycles. The number of aliphatic hydroxyl groups is 1. The number of β-amino-alcohol motifs (C(OH)–C–C–N with tert-alkyl or cyclic N) is 1. The molecule has 2 aliphatic rings. The average molecular weight is 225 g/mol. The summed E-state index contributed by atoms with van der Waals surface area (Å²) in [7, 11) is 0. The van der Waals surface area contributed by atoms with Crippen LogP contribution >= 0.6 is 0 Å². The van der Waals surface area contributed by atoms with E-state index in [0.29, 0.717) is 10.8 Å². The topological polar surface area (TPSA) is 23.5 Å². The maximum absolute atomic E-state index is 9.81. The van der Waals surface area contributed by atoms with Crippen molar-refractivity contribution in [2.75, 3.05) is 13.1 Å². The Kier molecular flexibility index (Phi) is 3.09. The minimum absolute atomic E-state index is 0.133. The van der Waals surface area contributed by atoms with Crippen molar-refractivity contribution in [2.24, 2.45) is 10.8 Å². The van der Waals surface area contributed by atoms with Crippen LogP contribution in [0.1, 0.15) is 53.4 Å². The molecule has 1 aliphatic heterocycles. The van der Waals surface area contributed by atoms with Gasteiger partial charge in [0.15, 0.2) is 0 Å². The zero-order chi connectivity index (χ0) is 12.0. The molecule has 2 rings (SSSR count). The Labute approximate surface area is 100 Å². The molecule has 0 aromatic rings. The van der Waals surface area contributed by atoms with Gasteiger partial charge in [-0.15, -0.1) is 0 Å². The molecule has 2 heteroatoms. The normalized spacial score (nSPS) is 39.9. The van der Waals surface area contributed by atoms with Gasteiger partial charge in [-0.1, -0.05) is 27.7 Å². The molecule has 1 heterocycles. The van der Waals surface area contributed by atoms with Gasteiger partial charge in [-0.2, -0.15) is 0 Å². The van der Waals surface area contributed by atoms with Crippen molar-refractivity contribution in [3.05, 3.63) is 0 Å². The lowest BCUT2D eigenvalue weighted by Gasteiger charge is -2.40. The van der Waals surface area contributed by atoms with E-state index in [-0.39, 0.29) is 6.10 Å². The van der Waals surface area contributed by atoms with Crippen molar-refractivity contribution >= 4 is 0 Å². The van der Waals surface area contributed by atoms with Gasteiger partial charge in [-0.3, -0.25) is 4.90 Å². The molecule has 0 radical (unpaired) electrons. The second-order valence-corrected chi connectivity index (χ2v) is 7.21. The number of likely N-dealkylation sites (tertiary alicyclic amines) is 1. The molecule has 0 spiro atoms. The van der Waals surface area contributed by atoms with Crippen LogP contribution in [0.25, 0.3) is 0 Å². The number of nitrogens with zero attached hydrogens (tertiary/aromatic N) is 1. The van der Waals surface area contributed by atoms with Gasteiger partial charge in [0, 0.05) is 19.1 Å². The first-order valence-electron chi connectivity index (χ1n) is 6.76. The Morgan fingerprint density at radius 3 is 2.62 bits per heavy atom. The molecule has 1 N–H and O–H groups in total. The first-order valence-corrected chi connectivity index (χ1v) is 6.76. The predicted octanol–water partition coefficient (Wildman–Crippen LogP) is 2.66. The van der Waals surface area contributed by atoms with Crippen molar-refractivity contribution in [3.8, 4) is 0 Å². The van der Waals surface area contributed by atoms with Gasteiger partial charge in [0.1, 0.15) is 0 Å². The van der Waals surface area contributed by atoms with E-state index in [1.807, 2.05) is 0 Å². The quantitative estimate of drug-likeness (QED) is 0.798. The highest BCUT2D eigenvalue weighted by atomic mass is 16.3. The number of hydrogen-bond acceptors (Lipinski definition) is 2. The van der Waals surface area contributed by atoms with Crippen molar-refractivity contribution in [1.29, 1.82) is 0 Å². The minimum atomic E-state index is -0.133. The zero-order valence-corrected chi connectivity index (χ0v) is 11.3. The maximum atomic E-state index is 9.81. The standard InChI is InChI=1S/C14H27NO/c1-5-12(16)8-15-10-14(4)7-11(15)6-13(2,3)9-14/h11-12,16H,5-10H2,1-4H3. The summed E-state index contributed by atoms with van der Waals surface area (Å²) in [5.41, 5.74) is 0.990. The molecule has 16 heavy (non-hydrogen) atoms. The van der Waals surface area contributed by atoms with Crippen molar-refractivity contribution in [2.45, 2.75) is 65.5 Å². The van der Waals surface area contributed by atoms with E-state index in [9.17, 15) is 5.11 Å². The lowest BCUT2D eigenvalue weighted by atomic mass is 9.65. The fourth-order valence-electron chi connectivity index (χ4n) is 4.19. The molecule has 2 fully saturated rings. The van der Waals surface area contributed by atoms with Gasteiger partial charge in [0.05, 0.1) is 6.10 Å². The minimum Gasteiger partial charge on any atom is -0.392 e. The van der Waals surface area contributed by atoms with Crippen LogP contribution < -0.4 is 0 Å². The van der Waals surface area contributed by atoms with Crippen LogP contribution in [0.2, 0.25) is 0 Å². The van der Waals surface area contributed by atoms with Gasteiger partial charge < -0.3 is 5.11 Å². The molecule has 1 saturated heterocycles. The Morgan fingerprint density at radius 2 is 2.00 bits per heavy atom. The summed E-state index contributed by atoms with van der Waals surface area (Å²) in [6, 6.07) is 0.718. The molecule has 0 aromatic carbocycles. The second kappa shape index (κ2) is 3.99. The van der Waals surface area contributed by atoms with Crippen LogP contribution in [0.15, 0.2) is 0 Å². The van der Waals surface area contributed by atoms with Gasteiger partial charge in [0.2, 0.25) is 0 Å². The molecule has 2 nitrogen and oxygen atoms in total. The van der Waals surface area contributed by atoms with Crippen LogP contribution in [0.5, 0.6) is 0 Å². The molecule has 0 aromatic heterocycles. The molecular weight excluding hydrogens is 198 g/mol. The van der Waals surface area contributed by atoms with E-state index in [2.05, 4.69) is 32.6 Å². The van der Waals surface area contributed by atoms with Crippen molar-refractivity contribution in [1.82, 2.24) is 4.90 Å². The Morgan fingerprint density at radius 1 is 1.31 bits per heavy atom. The third kappa shape index (κ3) is 2.43. The summed E-state index contributed by atoms with van der Waals surface area (Å²) in [6.45, 7) is 11.4. The van der Waals surface area contributed by atoms with Crippen LogP contribution in [0.4, 0.5) is 0 Å². The first-order chi connectivity index (χ1) is 7.34. The van der Waals surface area contributed by atoms with E-state index in [4.69, 9.17) is 0 Å². The highest BCUT2D eigenvalue weighted by Gasteiger charge is 2.49. The molecule has 3 unspecified atom stereocenters. The zero-order valence-electron chi connectivity index (χ0n) is 11.3. The van der Waals surface area contributed by atoms with Gasteiger partial charge in [-0.05, 0) is 36.5 Å². The third-order valence-corrected chi connectivity index (χ3v) is 4.44. The summed E-state index contributed by atoms with van der Waals surface area (Å²) in [5.74, 6) is 0. The summed E-state index contributed by atoms with van der Waals surface area (Å²) in [5, 5.41) is 9.81. The van der Waals surface area contributed by atoms with Gasteiger partial charge in [-0.25, -0.2) is 0 Å². The summed E-state index contributed by atoms with van der Waals surface area (Å²) in [4.78, 5) is 2.54. The fourth-order valence-corrected chi connectivity index (χ4v) is 4.19. The van der Waals surface area contributed by atoms with E-state index in [1.165, 1.54) is 25.8 Å². The summed E-state index contributed by atoms with van der Waals surface area (Å²) in [6.07, 6.45) is 4.73. The monoisotopic (exact) mass is 225 g/mol. The molecule has 2 bridgehead atoms. The average Bonchev–Trinajstić information content (AvgIpc) is 2.35. The summed E-state index contributed by atoms with van der Waals surface area (Å²) >= 11 is 0. The SMILES string of the molecule is CCC(O)CN1CC2(C)CC1CC(C)(C)C2. The third-order valence-electron chi connectivity index (χ3n) is 4.44. The number of fused-ring (bicyclic) bond motifs is 2.